The van der Waals surface area contributed by atoms with Crippen molar-refractivity contribution in [3.63, 3.8) is 0 Å². The monoisotopic (exact) mass is 326 g/mol. The molecule has 22 heavy (non-hydrogen) atoms. The zero-order valence-corrected chi connectivity index (χ0v) is 12.8. The van der Waals surface area contributed by atoms with E-state index in [2.05, 4.69) is 0 Å². The molecule has 6 nitrogen and oxygen atoms in total. The molecular weight excluding hydrogens is 308 g/mol. The average molecular weight is 327 g/mol. The molecule has 0 aliphatic carbocycles. The quantitative estimate of drug-likeness (QED) is 0.868. The minimum atomic E-state index is -0.940. The second-order valence-corrected chi connectivity index (χ2v) is 5.82. The summed E-state index contributed by atoms with van der Waals surface area (Å²) in [4.78, 5) is 23.6. The largest absolute Gasteiger partial charge is 0.465 e. The molecule has 1 unspecified atom stereocenters. The van der Waals surface area contributed by atoms with Gasteiger partial charge in [0.05, 0.1) is 6.10 Å². The van der Waals surface area contributed by atoms with Gasteiger partial charge in [0.2, 0.25) is 5.91 Å². The summed E-state index contributed by atoms with van der Waals surface area (Å²) in [5.74, 6) is -0.597. The van der Waals surface area contributed by atoms with E-state index in [1.54, 1.807) is 18.2 Å². The highest BCUT2D eigenvalue weighted by molar-refractivity contribution is 6.30. The third-order valence-corrected chi connectivity index (χ3v) is 3.97. The molecule has 1 heterocycles. The summed E-state index contributed by atoms with van der Waals surface area (Å²) in [7, 11) is 0. The molecule has 2 rings (SSSR count). The molecule has 1 aromatic rings. The van der Waals surface area contributed by atoms with E-state index in [0.717, 1.165) is 18.4 Å². The predicted octanol–water partition coefficient (Wildman–Crippen LogP) is 2.27. The molecule has 2 atom stereocenters. The summed E-state index contributed by atoms with van der Waals surface area (Å²) < 4.78 is 5.66. The van der Waals surface area contributed by atoms with Gasteiger partial charge in [-0.05, 0) is 30.5 Å². The van der Waals surface area contributed by atoms with Gasteiger partial charge >= 0.3 is 6.09 Å². The fourth-order valence-electron chi connectivity index (χ4n) is 2.79. The molecular formula is C15H19ClN2O4. The van der Waals surface area contributed by atoms with E-state index < -0.39 is 18.1 Å². The van der Waals surface area contributed by atoms with Crippen molar-refractivity contribution >= 4 is 23.6 Å². The number of rotatable bonds is 5. The molecule has 0 radical (unpaired) electrons. The predicted molar refractivity (Wildman–Crippen MR) is 81.7 cm³/mol. The van der Waals surface area contributed by atoms with Crippen LogP contribution < -0.4 is 5.73 Å². The summed E-state index contributed by atoms with van der Waals surface area (Å²) in [6.07, 6.45) is 0.228. The Labute approximate surface area is 133 Å². The highest BCUT2D eigenvalue weighted by atomic mass is 35.5. The lowest BCUT2D eigenvalue weighted by molar-refractivity contribution is -0.126. The Bertz CT molecular complexity index is 552. The van der Waals surface area contributed by atoms with Gasteiger partial charge in [0.1, 0.15) is 6.61 Å². The summed E-state index contributed by atoms with van der Waals surface area (Å²) in [6.45, 7) is 0.677. The van der Waals surface area contributed by atoms with E-state index >= 15 is 0 Å². The Morgan fingerprint density at radius 1 is 1.50 bits per heavy atom. The van der Waals surface area contributed by atoms with Gasteiger partial charge in [-0.25, -0.2) is 4.79 Å². The third kappa shape index (κ3) is 4.35. The van der Waals surface area contributed by atoms with E-state index in [1.165, 1.54) is 4.90 Å². The number of carboxylic acid groups (broad SMARTS) is 1. The highest BCUT2D eigenvalue weighted by Crippen LogP contribution is 2.33. The Morgan fingerprint density at radius 3 is 2.91 bits per heavy atom. The standard InChI is InChI=1S/C15H19ClN2O4/c16-12-5-1-3-10(7-12)14(22-9-13(17)19)11-4-2-6-18(8-11)15(20)21/h1,3,5,7,11,14H,2,4,6,8-9H2,(H2,17,19)(H,20,21)/t11?,14-/m0/s1. The smallest absolute Gasteiger partial charge is 0.407 e. The number of ether oxygens (including phenoxy) is 1. The first-order valence-corrected chi connectivity index (χ1v) is 7.48. The molecule has 7 heteroatoms. The van der Waals surface area contributed by atoms with Crippen LogP contribution in [0.4, 0.5) is 4.79 Å². The van der Waals surface area contributed by atoms with Gasteiger partial charge in [0.15, 0.2) is 0 Å². The summed E-state index contributed by atoms with van der Waals surface area (Å²) in [5, 5.41) is 9.73. The van der Waals surface area contributed by atoms with Crippen molar-refractivity contribution in [2.45, 2.75) is 18.9 Å². The van der Waals surface area contributed by atoms with Crippen LogP contribution in [0.3, 0.4) is 0 Å². The van der Waals surface area contributed by atoms with Crippen LogP contribution in [-0.2, 0) is 9.53 Å². The minimum absolute atomic E-state index is 0.0392. The molecule has 0 spiro atoms. The molecule has 120 valence electrons. The average Bonchev–Trinajstić information content (AvgIpc) is 2.47. The molecule has 1 aliphatic rings. The van der Waals surface area contributed by atoms with Crippen LogP contribution in [0, 0.1) is 5.92 Å². The second kappa shape index (κ2) is 7.47. The Kier molecular flexibility index (Phi) is 5.63. The molecule has 1 saturated heterocycles. The van der Waals surface area contributed by atoms with Crippen molar-refractivity contribution in [2.24, 2.45) is 11.7 Å². The second-order valence-electron chi connectivity index (χ2n) is 5.38. The Morgan fingerprint density at radius 2 is 2.27 bits per heavy atom. The molecule has 0 aromatic heterocycles. The van der Waals surface area contributed by atoms with Crippen LogP contribution in [0.5, 0.6) is 0 Å². The number of amides is 2. The van der Waals surface area contributed by atoms with Crippen molar-refractivity contribution in [3.05, 3.63) is 34.9 Å². The number of nitrogens with zero attached hydrogens (tertiary/aromatic N) is 1. The van der Waals surface area contributed by atoms with Crippen LogP contribution >= 0.6 is 11.6 Å². The first kappa shape index (κ1) is 16.6. The van der Waals surface area contributed by atoms with E-state index in [1.807, 2.05) is 6.07 Å². The van der Waals surface area contributed by atoms with Crippen LogP contribution in [0.2, 0.25) is 5.02 Å². The van der Waals surface area contributed by atoms with Gasteiger partial charge in [-0.1, -0.05) is 23.7 Å². The van der Waals surface area contributed by atoms with E-state index in [0.29, 0.717) is 18.1 Å². The fourth-order valence-corrected chi connectivity index (χ4v) is 2.99. The minimum Gasteiger partial charge on any atom is -0.465 e. The van der Waals surface area contributed by atoms with Gasteiger partial charge in [-0.3, -0.25) is 4.79 Å². The zero-order chi connectivity index (χ0) is 16.1. The molecule has 1 aliphatic heterocycles. The maximum atomic E-state index is 11.2. The molecule has 1 aromatic carbocycles. The molecule has 0 bridgehead atoms. The lowest BCUT2D eigenvalue weighted by Gasteiger charge is -2.35. The van der Waals surface area contributed by atoms with E-state index in [9.17, 15) is 9.59 Å². The lowest BCUT2D eigenvalue weighted by Crippen LogP contribution is -2.41. The number of nitrogens with two attached hydrogens (primary N) is 1. The number of benzene rings is 1. The van der Waals surface area contributed by atoms with Crippen LogP contribution in [0.25, 0.3) is 0 Å². The number of hydrogen-bond acceptors (Lipinski definition) is 3. The number of carbonyl (C=O) groups excluding carboxylic acids is 1. The van der Waals surface area contributed by atoms with Crippen molar-refractivity contribution in [1.29, 1.82) is 0 Å². The van der Waals surface area contributed by atoms with Crippen molar-refractivity contribution in [2.75, 3.05) is 19.7 Å². The zero-order valence-electron chi connectivity index (χ0n) is 12.1. The Balaban J connectivity index is 2.19. The molecule has 2 amide bonds. The van der Waals surface area contributed by atoms with Crippen LogP contribution in [0.15, 0.2) is 24.3 Å². The van der Waals surface area contributed by atoms with E-state index in [-0.39, 0.29) is 12.5 Å². The summed E-state index contributed by atoms with van der Waals surface area (Å²) >= 11 is 6.02. The number of halogens is 1. The van der Waals surface area contributed by atoms with E-state index in [4.69, 9.17) is 27.2 Å². The lowest BCUT2D eigenvalue weighted by atomic mass is 9.88. The maximum Gasteiger partial charge on any atom is 0.407 e. The third-order valence-electron chi connectivity index (χ3n) is 3.74. The van der Waals surface area contributed by atoms with Crippen LogP contribution in [-0.4, -0.2) is 41.7 Å². The molecule has 0 saturated carbocycles. The topological polar surface area (TPSA) is 92.9 Å². The normalized spacial score (nSPS) is 19.7. The number of likely N-dealkylation sites (tertiary alicyclic amines) is 1. The highest BCUT2D eigenvalue weighted by Gasteiger charge is 2.31. The van der Waals surface area contributed by atoms with Crippen molar-refractivity contribution < 1.29 is 19.4 Å². The first-order chi connectivity index (χ1) is 10.5. The van der Waals surface area contributed by atoms with Crippen LogP contribution in [0.1, 0.15) is 24.5 Å². The fraction of sp³-hybridized carbons (Fsp3) is 0.467. The SMILES string of the molecule is NC(=O)CO[C@@H](c1cccc(Cl)c1)C1CCCN(C(=O)O)C1. The van der Waals surface area contributed by atoms with Crippen molar-refractivity contribution in [3.8, 4) is 0 Å². The number of hydrogen-bond donors (Lipinski definition) is 2. The molecule has 1 fully saturated rings. The summed E-state index contributed by atoms with van der Waals surface area (Å²) in [5.41, 5.74) is 5.98. The number of carbonyl (C=O) groups is 2. The van der Waals surface area contributed by atoms with Gasteiger partial charge in [-0.2, -0.15) is 0 Å². The van der Waals surface area contributed by atoms with Gasteiger partial charge in [0.25, 0.3) is 0 Å². The van der Waals surface area contributed by atoms with Gasteiger partial charge < -0.3 is 20.5 Å². The number of primary amides is 1. The number of piperidine rings is 1. The first-order valence-electron chi connectivity index (χ1n) is 7.10. The van der Waals surface area contributed by atoms with Gasteiger partial charge in [-0.15, -0.1) is 0 Å². The van der Waals surface area contributed by atoms with Gasteiger partial charge in [0, 0.05) is 24.0 Å². The summed E-state index contributed by atoms with van der Waals surface area (Å²) in [6, 6.07) is 7.18. The molecule has 3 N–H and O–H groups in total. The van der Waals surface area contributed by atoms with Crippen molar-refractivity contribution in [1.82, 2.24) is 4.90 Å². The maximum absolute atomic E-state index is 11.2. The Hall–Kier alpha value is -1.79.